The third kappa shape index (κ3) is 3.04. The molecule has 1 aromatic heterocycles. The fourth-order valence-electron chi connectivity index (χ4n) is 2.01. The fourth-order valence-corrected chi connectivity index (χ4v) is 2.01. The van der Waals surface area contributed by atoms with Crippen LogP contribution in [0.5, 0.6) is 0 Å². The number of ketones is 1. The number of benzene rings is 1. The average molecular weight is 239 g/mol. The number of hydrogen-bond acceptors (Lipinski definition) is 2. The van der Waals surface area contributed by atoms with Crippen molar-refractivity contribution in [3.8, 4) is 0 Å². The fraction of sp³-hybridized carbons (Fsp3) is 0.250. The van der Waals surface area contributed by atoms with Crippen LogP contribution in [0.25, 0.3) is 0 Å². The first-order valence-electron chi connectivity index (χ1n) is 6.18. The molecule has 1 aromatic carbocycles. The summed E-state index contributed by atoms with van der Waals surface area (Å²) in [4.78, 5) is 16.6. The van der Waals surface area contributed by atoms with Crippen LogP contribution in [0, 0.1) is 12.8 Å². The van der Waals surface area contributed by atoms with Gasteiger partial charge in [-0.3, -0.25) is 9.78 Å². The smallest absolute Gasteiger partial charge is 0.166 e. The highest BCUT2D eigenvalue weighted by atomic mass is 16.1. The number of aryl methyl sites for hydroxylation is 1. The van der Waals surface area contributed by atoms with Gasteiger partial charge in [-0.15, -0.1) is 0 Å². The molecule has 0 bridgehead atoms. The van der Waals surface area contributed by atoms with Crippen LogP contribution in [-0.2, 0) is 6.42 Å². The SMILES string of the molecule is Cc1cccc(CC(C)C(=O)c2ccccc2)n1. The van der Waals surface area contributed by atoms with Gasteiger partial charge < -0.3 is 0 Å². The van der Waals surface area contributed by atoms with Gasteiger partial charge in [-0.2, -0.15) is 0 Å². The number of hydrogen-bond donors (Lipinski definition) is 0. The highest BCUT2D eigenvalue weighted by Crippen LogP contribution is 2.13. The molecular formula is C16H17NO. The highest BCUT2D eigenvalue weighted by Gasteiger charge is 2.15. The number of pyridine rings is 1. The molecule has 0 radical (unpaired) electrons. The maximum absolute atomic E-state index is 12.2. The minimum atomic E-state index is -0.0401. The Balaban J connectivity index is 2.09. The van der Waals surface area contributed by atoms with Crippen molar-refractivity contribution >= 4 is 5.78 Å². The molecule has 1 heterocycles. The lowest BCUT2D eigenvalue weighted by Crippen LogP contribution is -2.14. The number of aromatic nitrogens is 1. The Bertz CT molecular complexity index is 534. The summed E-state index contributed by atoms with van der Waals surface area (Å²) < 4.78 is 0. The first kappa shape index (κ1) is 12.5. The zero-order valence-corrected chi connectivity index (χ0v) is 10.8. The minimum Gasteiger partial charge on any atom is -0.294 e. The average Bonchev–Trinajstić information content (AvgIpc) is 2.39. The summed E-state index contributed by atoms with van der Waals surface area (Å²) in [6, 6.07) is 15.4. The number of nitrogens with zero attached hydrogens (tertiary/aromatic N) is 1. The number of rotatable bonds is 4. The van der Waals surface area contributed by atoms with Crippen molar-refractivity contribution in [2.45, 2.75) is 20.3 Å². The Hall–Kier alpha value is -1.96. The number of carbonyl (C=O) groups is 1. The van der Waals surface area contributed by atoms with E-state index in [1.807, 2.05) is 62.4 Å². The van der Waals surface area contributed by atoms with Gasteiger partial charge in [-0.05, 0) is 25.5 Å². The Morgan fingerprint density at radius 1 is 1.11 bits per heavy atom. The van der Waals surface area contributed by atoms with Crippen LogP contribution in [-0.4, -0.2) is 10.8 Å². The summed E-state index contributed by atoms with van der Waals surface area (Å²) in [6.07, 6.45) is 0.690. The number of Topliss-reactive ketones (excluding diaryl/α,β-unsaturated/α-hetero) is 1. The molecule has 0 saturated carbocycles. The molecule has 1 atom stereocenters. The molecule has 2 aromatic rings. The lowest BCUT2D eigenvalue weighted by Gasteiger charge is -2.10. The summed E-state index contributed by atoms with van der Waals surface area (Å²) in [5, 5.41) is 0. The van der Waals surface area contributed by atoms with E-state index in [9.17, 15) is 4.79 Å². The first-order valence-corrected chi connectivity index (χ1v) is 6.18. The molecule has 0 saturated heterocycles. The predicted molar refractivity (Wildman–Crippen MR) is 72.6 cm³/mol. The second-order valence-electron chi connectivity index (χ2n) is 4.61. The molecule has 0 N–H and O–H groups in total. The Kier molecular flexibility index (Phi) is 3.88. The minimum absolute atomic E-state index is 0.0401. The maximum Gasteiger partial charge on any atom is 0.166 e. The zero-order valence-electron chi connectivity index (χ0n) is 10.8. The molecule has 18 heavy (non-hydrogen) atoms. The second-order valence-corrected chi connectivity index (χ2v) is 4.61. The Morgan fingerprint density at radius 2 is 1.83 bits per heavy atom. The van der Waals surface area contributed by atoms with Crippen molar-refractivity contribution in [1.29, 1.82) is 0 Å². The van der Waals surface area contributed by atoms with Gasteiger partial charge in [0, 0.05) is 22.9 Å². The maximum atomic E-state index is 12.2. The third-order valence-electron chi connectivity index (χ3n) is 2.97. The van der Waals surface area contributed by atoms with Crippen LogP contribution in [0.4, 0.5) is 0 Å². The third-order valence-corrected chi connectivity index (χ3v) is 2.97. The van der Waals surface area contributed by atoms with Crippen molar-refractivity contribution in [2.75, 3.05) is 0 Å². The standard InChI is InChI=1S/C16H17NO/c1-12(11-15-10-6-7-13(2)17-15)16(18)14-8-4-3-5-9-14/h3-10,12H,11H2,1-2H3. The highest BCUT2D eigenvalue weighted by molar-refractivity contribution is 5.97. The van der Waals surface area contributed by atoms with Crippen LogP contribution in [0.15, 0.2) is 48.5 Å². The summed E-state index contributed by atoms with van der Waals surface area (Å²) in [6.45, 7) is 3.92. The summed E-state index contributed by atoms with van der Waals surface area (Å²) in [7, 11) is 0. The van der Waals surface area contributed by atoms with Gasteiger partial charge in [-0.25, -0.2) is 0 Å². The van der Waals surface area contributed by atoms with Gasteiger partial charge in [0.05, 0.1) is 0 Å². The quantitative estimate of drug-likeness (QED) is 0.765. The van der Waals surface area contributed by atoms with Crippen LogP contribution in [0.3, 0.4) is 0 Å². The van der Waals surface area contributed by atoms with Crippen molar-refractivity contribution < 1.29 is 4.79 Å². The molecule has 0 spiro atoms. The van der Waals surface area contributed by atoms with E-state index in [-0.39, 0.29) is 11.7 Å². The monoisotopic (exact) mass is 239 g/mol. The molecule has 1 unspecified atom stereocenters. The largest absolute Gasteiger partial charge is 0.294 e. The zero-order chi connectivity index (χ0) is 13.0. The molecule has 2 heteroatoms. The normalized spacial score (nSPS) is 12.1. The van der Waals surface area contributed by atoms with Crippen molar-refractivity contribution in [3.05, 3.63) is 65.5 Å². The van der Waals surface area contributed by atoms with E-state index >= 15 is 0 Å². The molecule has 0 aliphatic rings. The van der Waals surface area contributed by atoms with E-state index in [0.29, 0.717) is 6.42 Å². The van der Waals surface area contributed by atoms with E-state index < -0.39 is 0 Å². The van der Waals surface area contributed by atoms with Crippen molar-refractivity contribution in [1.82, 2.24) is 4.98 Å². The van der Waals surface area contributed by atoms with E-state index in [2.05, 4.69) is 4.98 Å². The van der Waals surface area contributed by atoms with Crippen LogP contribution in [0.2, 0.25) is 0 Å². The molecule has 92 valence electrons. The van der Waals surface area contributed by atoms with E-state index in [1.165, 1.54) is 0 Å². The van der Waals surface area contributed by atoms with Crippen LogP contribution >= 0.6 is 0 Å². The van der Waals surface area contributed by atoms with E-state index in [4.69, 9.17) is 0 Å². The van der Waals surface area contributed by atoms with Crippen LogP contribution < -0.4 is 0 Å². The number of carbonyl (C=O) groups excluding carboxylic acids is 1. The summed E-state index contributed by atoms with van der Waals surface area (Å²) in [5.74, 6) is 0.139. The van der Waals surface area contributed by atoms with Gasteiger partial charge in [0.15, 0.2) is 5.78 Å². The predicted octanol–water partition coefficient (Wildman–Crippen LogP) is 3.45. The molecule has 0 aliphatic carbocycles. The van der Waals surface area contributed by atoms with Gasteiger partial charge in [-0.1, -0.05) is 43.3 Å². The van der Waals surface area contributed by atoms with Gasteiger partial charge in [0.1, 0.15) is 0 Å². The van der Waals surface area contributed by atoms with Gasteiger partial charge >= 0.3 is 0 Å². The lowest BCUT2D eigenvalue weighted by molar-refractivity contribution is 0.0929. The van der Waals surface area contributed by atoms with Crippen LogP contribution in [0.1, 0.15) is 28.7 Å². The Labute approximate surface area is 108 Å². The first-order chi connectivity index (χ1) is 8.66. The molecule has 2 rings (SSSR count). The summed E-state index contributed by atoms with van der Waals surface area (Å²) in [5.41, 5.74) is 2.75. The summed E-state index contributed by atoms with van der Waals surface area (Å²) >= 11 is 0. The lowest BCUT2D eigenvalue weighted by atomic mass is 9.95. The molecule has 0 aliphatic heterocycles. The Morgan fingerprint density at radius 3 is 2.50 bits per heavy atom. The van der Waals surface area contributed by atoms with E-state index in [0.717, 1.165) is 17.0 Å². The second kappa shape index (κ2) is 5.58. The molecule has 0 fully saturated rings. The molecular weight excluding hydrogens is 222 g/mol. The van der Waals surface area contributed by atoms with Gasteiger partial charge in [0.25, 0.3) is 0 Å². The molecule has 2 nitrogen and oxygen atoms in total. The van der Waals surface area contributed by atoms with Gasteiger partial charge in [0.2, 0.25) is 0 Å². The molecule has 0 amide bonds. The van der Waals surface area contributed by atoms with Crippen molar-refractivity contribution in [3.63, 3.8) is 0 Å². The van der Waals surface area contributed by atoms with Crippen molar-refractivity contribution in [2.24, 2.45) is 5.92 Å². The van der Waals surface area contributed by atoms with E-state index in [1.54, 1.807) is 0 Å². The topological polar surface area (TPSA) is 30.0 Å².